The Labute approximate surface area is 272 Å². The molecule has 0 radical (unpaired) electrons. The molecule has 1 atom stereocenters. The Morgan fingerprint density at radius 2 is 1.54 bits per heavy atom. The van der Waals surface area contributed by atoms with Gasteiger partial charge in [0, 0.05) is 30.1 Å². The van der Waals surface area contributed by atoms with E-state index in [1.165, 1.54) is 44.1 Å². The molecule has 46 heavy (non-hydrogen) atoms. The average Bonchev–Trinajstić information content (AvgIpc) is 3.07. The minimum Gasteiger partial charge on any atom is -0.480 e. The lowest BCUT2D eigenvalue weighted by molar-refractivity contribution is -0.144. The molecule has 1 aromatic heterocycles. The Bertz CT molecular complexity index is 1620. The fraction of sp³-hybridized carbons (Fsp3) is 0.444. The summed E-state index contributed by atoms with van der Waals surface area (Å²) in [4.78, 5) is 35.2. The van der Waals surface area contributed by atoms with Crippen LogP contribution in [0, 0.1) is 17.8 Å². The minimum absolute atomic E-state index is 0.00674. The molecule has 1 fully saturated rings. The standard InChI is InChI=1S/C36H44N4O5S/c1-3-26-9-13-28(14-10-26)29-17-19-30(20-18-29)32-21-37-36(38-22-32)31-15-11-27(12-16-31)23-39(25-35(42)43)34(41)24-40(46(2,44)45)33-7-5-4-6-8-33/h4-8,11-12,15-16,19,21-22,26,28-29H,3,9-10,13-14,17-18,20,23-25H2,1-2H3,(H,42,43)/t26-,28-,29?. The van der Waals surface area contributed by atoms with Crippen molar-refractivity contribution >= 4 is 33.2 Å². The number of sulfonamides is 1. The largest absolute Gasteiger partial charge is 0.480 e. The first-order valence-corrected chi connectivity index (χ1v) is 18.1. The van der Waals surface area contributed by atoms with E-state index >= 15 is 0 Å². The molecular weight excluding hydrogens is 600 g/mol. The van der Waals surface area contributed by atoms with Gasteiger partial charge >= 0.3 is 5.97 Å². The van der Waals surface area contributed by atoms with Crippen molar-refractivity contribution in [1.29, 1.82) is 0 Å². The quantitative estimate of drug-likeness (QED) is 0.241. The van der Waals surface area contributed by atoms with Crippen LogP contribution >= 0.6 is 0 Å². The molecule has 1 heterocycles. The van der Waals surface area contributed by atoms with Crippen LogP contribution in [-0.4, -0.2) is 59.6 Å². The van der Waals surface area contributed by atoms with Crippen molar-refractivity contribution in [3.8, 4) is 11.4 Å². The van der Waals surface area contributed by atoms with Crippen molar-refractivity contribution in [2.75, 3.05) is 23.7 Å². The number of aliphatic carboxylic acids is 1. The molecule has 1 N–H and O–H groups in total. The van der Waals surface area contributed by atoms with Crippen LogP contribution in [0.5, 0.6) is 0 Å². The van der Waals surface area contributed by atoms with E-state index in [4.69, 9.17) is 0 Å². The van der Waals surface area contributed by atoms with E-state index in [0.717, 1.165) is 57.2 Å². The van der Waals surface area contributed by atoms with Crippen LogP contribution in [-0.2, 0) is 26.2 Å². The molecule has 0 bridgehead atoms. The van der Waals surface area contributed by atoms with E-state index < -0.39 is 35.0 Å². The van der Waals surface area contributed by atoms with E-state index in [1.807, 2.05) is 24.5 Å². The molecule has 3 aromatic rings. The Kier molecular flexibility index (Phi) is 10.9. The Balaban J connectivity index is 1.21. The number of hydrogen-bond acceptors (Lipinski definition) is 6. The van der Waals surface area contributed by atoms with Gasteiger partial charge in [0.25, 0.3) is 0 Å². The molecule has 0 saturated heterocycles. The summed E-state index contributed by atoms with van der Waals surface area (Å²) < 4.78 is 25.9. The summed E-state index contributed by atoms with van der Waals surface area (Å²) in [6.45, 7) is 1.25. The third-order valence-electron chi connectivity index (χ3n) is 9.60. The topological polar surface area (TPSA) is 121 Å². The highest BCUT2D eigenvalue weighted by Crippen LogP contribution is 2.41. The summed E-state index contributed by atoms with van der Waals surface area (Å²) in [6.07, 6.45) is 17.5. The fourth-order valence-corrected chi connectivity index (χ4v) is 7.70. The third kappa shape index (κ3) is 8.60. The molecule has 5 rings (SSSR count). The van der Waals surface area contributed by atoms with Crippen molar-refractivity contribution < 1.29 is 23.1 Å². The zero-order valence-corrected chi connectivity index (χ0v) is 27.5. The number of carbonyl (C=O) groups is 2. The molecule has 0 spiro atoms. The average molecular weight is 645 g/mol. The van der Waals surface area contributed by atoms with Gasteiger partial charge < -0.3 is 10.0 Å². The van der Waals surface area contributed by atoms with Crippen LogP contribution in [0.1, 0.15) is 69.4 Å². The number of rotatable bonds is 12. The molecule has 2 aliphatic carbocycles. The number of anilines is 1. The number of hydrogen-bond donors (Lipinski definition) is 1. The van der Waals surface area contributed by atoms with Crippen LogP contribution in [0.2, 0.25) is 0 Å². The zero-order valence-electron chi connectivity index (χ0n) is 26.7. The molecule has 10 heteroatoms. The molecule has 0 aliphatic heterocycles. The predicted octanol–water partition coefficient (Wildman–Crippen LogP) is 6.42. The lowest BCUT2D eigenvalue weighted by Gasteiger charge is -2.35. The monoisotopic (exact) mass is 644 g/mol. The van der Waals surface area contributed by atoms with Gasteiger partial charge in [0.05, 0.1) is 11.9 Å². The molecule has 244 valence electrons. The number of para-hydroxylation sites is 1. The maximum absolute atomic E-state index is 13.2. The normalized spacial score (nSPS) is 20.0. The third-order valence-corrected chi connectivity index (χ3v) is 10.7. The van der Waals surface area contributed by atoms with Crippen molar-refractivity contribution in [1.82, 2.24) is 14.9 Å². The fourth-order valence-electron chi connectivity index (χ4n) is 6.85. The number of allylic oxidation sites excluding steroid dienone is 2. The zero-order chi connectivity index (χ0) is 32.7. The lowest BCUT2D eigenvalue weighted by Crippen LogP contribution is -2.44. The summed E-state index contributed by atoms with van der Waals surface area (Å²) in [6, 6.07) is 15.6. The molecule has 2 aromatic carbocycles. The Morgan fingerprint density at radius 1 is 0.870 bits per heavy atom. The maximum Gasteiger partial charge on any atom is 0.323 e. The molecular formula is C36H44N4O5S. The molecule has 1 amide bonds. The van der Waals surface area contributed by atoms with Gasteiger partial charge in [0.1, 0.15) is 13.1 Å². The summed E-state index contributed by atoms with van der Waals surface area (Å²) >= 11 is 0. The van der Waals surface area contributed by atoms with Gasteiger partial charge in [-0.25, -0.2) is 18.4 Å². The van der Waals surface area contributed by atoms with Gasteiger partial charge in [-0.05, 0) is 73.1 Å². The van der Waals surface area contributed by atoms with Crippen LogP contribution in [0.25, 0.3) is 17.0 Å². The summed E-state index contributed by atoms with van der Waals surface area (Å²) in [5, 5.41) is 9.47. The molecule has 2 aliphatic rings. The maximum atomic E-state index is 13.2. The number of nitrogens with zero attached hydrogens (tertiary/aromatic N) is 4. The first kappa shape index (κ1) is 33.3. The van der Waals surface area contributed by atoms with E-state index in [0.29, 0.717) is 17.1 Å². The summed E-state index contributed by atoms with van der Waals surface area (Å²) in [5.41, 5.74) is 4.22. The molecule has 9 nitrogen and oxygen atoms in total. The van der Waals surface area contributed by atoms with Crippen molar-refractivity contribution in [2.24, 2.45) is 17.8 Å². The van der Waals surface area contributed by atoms with Gasteiger partial charge in [-0.3, -0.25) is 13.9 Å². The van der Waals surface area contributed by atoms with E-state index in [-0.39, 0.29) is 6.54 Å². The Morgan fingerprint density at radius 3 is 2.11 bits per heavy atom. The first-order valence-electron chi connectivity index (χ1n) is 16.2. The number of benzene rings is 2. The number of carboxylic acid groups (broad SMARTS) is 1. The molecule has 1 saturated carbocycles. The predicted molar refractivity (Wildman–Crippen MR) is 180 cm³/mol. The minimum atomic E-state index is -3.78. The van der Waals surface area contributed by atoms with Gasteiger partial charge in [0.2, 0.25) is 15.9 Å². The summed E-state index contributed by atoms with van der Waals surface area (Å²) in [7, 11) is -3.78. The van der Waals surface area contributed by atoms with E-state index in [1.54, 1.807) is 42.5 Å². The smallest absolute Gasteiger partial charge is 0.323 e. The van der Waals surface area contributed by atoms with Crippen LogP contribution in [0.4, 0.5) is 5.69 Å². The van der Waals surface area contributed by atoms with Gasteiger partial charge in [-0.1, -0.05) is 74.7 Å². The van der Waals surface area contributed by atoms with Crippen LogP contribution < -0.4 is 4.31 Å². The van der Waals surface area contributed by atoms with Crippen LogP contribution in [0.15, 0.2) is 73.1 Å². The van der Waals surface area contributed by atoms with E-state index in [9.17, 15) is 23.1 Å². The Hall–Kier alpha value is -4.05. The van der Waals surface area contributed by atoms with Crippen molar-refractivity contribution in [3.05, 3.63) is 84.2 Å². The second kappa shape index (κ2) is 15.0. The first-order chi connectivity index (χ1) is 22.1. The number of amides is 1. The number of aromatic nitrogens is 2. The highest BCUT2D eigenvalue weighted by molar-refractivity contribution is 7.92. The lowest BCUT2D eigenvalue weighted by atomic mass is 9.71. The summed E-state index contributed by atoms with van der Waals surface area (Å²) in [5.74, 6) is 1.37. The van der Waals surface area contributed by atoms with Crippen LogP contribution in [0.3, 0.4) is 0 Å². The highest BCUT2D eigenvalue weighted by Gasteiger charge is 2.29. The van der Waals surface area contributed by atoms with Gasteiger partial charge in [-0.15, -0.1) is 0 Å². The van der Waals surface area contributed by atoms with Gasteiger partial charge in [0.15, 0.2) is 5.82 Å². The van der Waals surface area contributed by atoms with E-state index in [2.05, 4.69) is 23.0 Å². The second-order valence-electron chi connectivity index (χ2n) is 12.7. The number of carboxylic acids is 1. The highest BCUT2D eigenvalue weighted by atomic mass is 32.2. The number of carbonyl (C=O) groups excluding carboxylic acids is 1. The van der Waals surface area contributed by atoms with Crippen molar-refractivity contribution in [2.45, 2.75) is 64.8 Å². The second-order valence-corrected chi connectivity index (χ2v) is 14.6. The SMILES string of the molecule is CC[C@H]1CC[C@H](C2CC=C(c3cnc(-c4ccc(CN(CC(=O)O)C(=O)CN(c5ccccc5)S(C)(=O)=O)cc4)nc3)CC2)CC1. The van der Waals surface area contributed by atoms with Crippen molar-refractivity contribution in [3.63, 3.8) is 0 Å². The van der Waals surface area contributed by atoms with Gasteiger partial charge in [-0.2, -0.15) is 0 Å². The molecule has 1 unspecified atom stereocenters.